The lowest BCUT2D eigenvalue weighted by molar-refractivity contribution is -0.149. The first-order valence-corrected chi connectivity index (χ1v) is 10.9. The molecule has 0 amide bonds. The van der Waals surface area contributed by atoms with Crippen molar-refractivity contribution in [2.75, 3.05) is 13.7 Å². The van der Waals surface area contributed by atoms with Gasteiger partial charge in [0.1, 0.15) is 17.5 Å². The number of benzene rings is 2. The highest BCUT2D eigenvalue weighted by atomic mass is 32.2. The quantitative estimate of drug-likeness (QED) is 0.688. The van der Waals surface area contributed by atoms with Gasteiger partial charge in [-0.1, -0.05) is 24.3 Å². The number of esters is 2. The van der Waals surface area contributed by atoms with E-state index >= 15 is 0 Å². The third-order valence-electron chi connectivity index (χ3n) is 5.17. The number of nitrogens with zero attached hydrogens (tertiary/aromatic N) is 2. The molecule has 30 heavy (non-hydrogen) atoms. The Hall–Kier alpha value is -3.20. The molecule has 0 saturated carbocycles. The fourth-order valence-electron chi connectivity index (χ4n) is 3.67. The van der Waals surface area contributed by atoms with Gasteiger partial charge in [-0.15, -0.1) is 4.40 Å². The van der Waals surface area contributed by atoms with Crippen molar-refractivity contribution < 1.29 is 27.5 Å². The molecule has 0 aromatic heterocycles. The summed E-state index contributed by atoms with van der Waals surface area (Å²) in [5, 5.41) is 0. The van der Waals surface area contributed by atoms with Crippen molar-refractivity contribution in [1.82, 2.24) is 4.90 Å². The summed E-state index contributed by atoms with van der Waals surface area (Å²) in [7, 11) is -2.44. The van der Waals surface area contributed by atoms with Crippen LogP contribution in [0.2, 0.25) is 0 Å². The number of carbonyl (C=O) groups is 2. The number of hydrogen-bond donors (Lipinski definition) is 0. The van der Waals surface area contributed by atoms with Crippen LogP contribution in [0.1, 0.15) is 34.3 Å². The van der Waals surface area contributed by atoms with Gasteiger partial charge in [0.15, 0.2) is 5.84 Å². The molecule has 2 aromatic rings. The second-order valence-electron chi connectivity index (χ2n) is 7.03. The van der Waals surface area contributed by atoms with E-state index in [0.717, 1.165) is 12.0 Å². The van der Waals surface area contributed by atoms with Gasteiger partial charge in [0.05, 0.1) is 12.7 Å². The average Bonchev–Trinajstić information content (AvgIpc) is 3.35. The van der Waals surface area contributed by atoms with E-state index in [2.05, 4.69) is 9.13 Å². The molecule has 1 saturated heterocycles. The van der Waals surface area contributed by atoms with Gasteiger partial charge in [-0.05, 0) is 42.7 Å². The van der Waals surface area contributed by atoms with Gasteiger partial charge in [0, 0.05) is 12.1 Å². The predicted molar refractivity (Wildman–Crippen MR) is 107 cm³/mol. The number of ether oxygens (including phenoxy) is 2. The van der Waals surface area contributed by atoms with Gasteiger partial charge in [-0.2, -0.15) is 8.42 Å². The number of fused-ring (bicyclic) bond motifs is 1. The summed E-state index contributed by atoms with van der Waals surface area (Å²) in [6, 6.07) is 12.6. The number of methoxy groups -OCH3 is 1. The van der Waals surface area contributed by atoms with Gasteiger partial charge < -0.3 is 14.4 Å². The first kappa shape index (κ1) is 20.1. The van der Waals surface area contributed by atoms with Crippen molar-refractivity contribution >= 4 is 27.8 Å². The van der Waals surface area contributed by atoms with Crippen LogP contribution in [0.25, 0.3) is 0 Å². The van der Waals surface area contributed by atoms with Gasteiger partial charge in [0.25, 0.3) is 10.0 Å². The minimum absolute atomic E-state index is 0.0476. The second-order valence-corrected chi connectivity index (χ2v) is 8.61. The van der Waals surface area contributed by atoms with E-state index in [1.54, 1.807) is 47.4 Å². The van der Waals surface area contributed by atoms with Crippen LogP contribution in [0, 0.1) is 0 Å². The van der Waals surface area contributed by atoms with Gasteiger partial charge >= 0.3 is 11.9 Å². The molecule has 0 bridgehead atoms. The van der Waals surface area contributed by atoms with Crippen LogP contribution in [-0.4, -0.2) is 50.8 Å². The van der Waals surface area contributed by atoms with Crippen LogP contribution in [0.4, 0.5) is 0 Å². The number of sulfonamides is 1. The molecule has 2 aliphatic heterocycles. The molecule has 0 aliphatic carbocycles. The van der Waals surface area contributed by atoms with Crippen LogP contribution in [0.15, 0.2) is 57.8 Å². The molecule has 2 aromatic carbocycles. The Morgan fingerprint density at radius 1 is 1.13 bits per heavy atom. The molecule has 2 aliphatic rings. The Morgan fingerprint density at radius 2 is 1.87 bits per heavy atom. The second kappa shape index (κ2) is 7.91. The number of amidine groups is 1. The van der Waals surface area contributed by atoms with Crippen molar-refractivity contribution in [3.63, 3.8) is 0 Å². The average molecular weight is 428 g/mol. The molecular weight excluding hydrogens is 408 g/mol. The Labute approximate surface area is 174 Å². The van der Waals surface area contributed by atoms with Gasteiger partial charge in [-0.25, -0.2) is 9.59 Å². The van der Waals surface area contributed by atoms with E-state index in [1.807, 2.05) is 0 Å². The molecule has 8 nitrogen and oxygen atoms in total. The normalized spacial score (nSPS) is 19.2. The molecule has 0 spiro atoms. The van der Waals surface area contributed by atoms with Gasteiger partial charge in [-0.3, -0.25) is 0 Å². The van der Waals surface area contributed by atoms with Gasteiger partial charge in [0.2, 0.25) is 0 Å². The zero-order valence-corrected chi connectivity index (χ0v) is 17.1. The molecule has 0 N–H and O–H groups in total. The van der Waals surface area contributed by atoms with Crippen LogP contribution < -0.4 is 0 Å². The largest absolute Gasteiger partial charge is 0.465 e. The maximum atomic E-state index is 12.7. The van der Waals surface area contributed by atoms with Crippen LogP contribution in [0.3, 0.4) is 0 Å². The lowest BCUT2D eigenvalue weighted by Crippen LogP contribution is -2.41. The van der Waals surface area contributed by atoms with Crippen molar-refractivity contribution in [2.45, 2.75) is 30.4 Å². The topological polar surface area (TPSA) is 102 Å². The molecule has 0 radical (unpaired) electrons. The summed E-state index contributed by atoms with van der Waals surface area (Å²) in [6.45, 7) is 0.572. The van der Waals surface area contributed by atoms with E-state index in [9.17, 15) is 18.0 Å². The number of likely N-dealkylation sites (tertiary alicyclic amines) is 1. The molecule has 9 heteroatoms. The summed E-state index contributed by atoms with van der Waals surface area (Å²) in [6.07, 6.45) is 1.29. The summed E-state index contributed by atoms with van der Waals surface area (Å²) < 4.78 is 38.7. The van der Waals surface area contributed by atoms with Crippen LogP contribution >= 0.6 is 0 Å². The standard InChI is InChI=1S/C21H20N2O6S/c1-28-20(24)15-10-8-14(9-11-15)13-29-21(25)17-6-4-12-23(17)19-16-5-2-3-7-18(16)30(26,27)22-19/h2-3,5,7-11,17H,4,6,12-13H2,1H3/t17-/m0/s1. The van der Waals surface area contributed by atoms with Crippen LogP contribution in [-0.2, 0) is 30.9 Å². The first-order valence-electron chi connectivity index (χ1n) is 9.45. The monoisotopic (exact) mass is 428 g/mol. The number of rotatable bonds is 4. The first-order chi connectivity index (χ1) is 14.4. The smallest absolute Gasteiger partial charge is 0.337 e. The third kappa shape index (κ3) is 3.68. The fourth-order valence-corrected chi connectivity index (χ4v) is 4.88. The van der Waals surface area contributed by atoms with Crippen molar-refractivity contribution in [2.24, 2.45) is 4.40 Å². The summed E-state index contributed by atoms with van der Waals surface area (Å²) >= 11 is 0. The van der Waals surface area contributed by atoms with Crippen LogP contribution in [0.5, 0.6) is 0 Å². The SMILES string of the molecule is COC(=O)c1ccc(COC(=O)[C@@H]2CCCN2C2=NS(=O)(=O)c3ccccc32)cc1. The molecule has 156 valence electrons. The minimum atomic E-state index is -3.75. The van der Waals surface area contributed by atoms with E-state index in [0.29, 0.717) is 29.9 Å². The zero-order chi connectivity index (χ0) is 21.3. The lowest BCUT2D eigenvalue weighted by Gasteiger charge is -2.25. The molecular formula is C21H20N2O6S. The maximum Gasteiger partial charge on any atom is 0.337 e. The Morgan fingerprint density at radius 3 is 2.60 bits per heavy atom. The number of hydrogen-bond acceptors (Lipinski definition) is 7. The number of carbonyl (C=O) groups excluding carboxylic acids is 2. The fraction of sp³-hybridized carbons (Fsp3) is 0.286. The summed E-state index contributed by atoms with van der Waals surface area (Å²) in [4.78, 5) is 26.1. The Kier molecular flexibility index (Phi) is 5.29. The summed E-state index contributed by atoms with van der Waals surface area (Å²) in [5.41, 5.74) is 1.65. The van der Waals surface area contributed by atoms with Crippen molar-refractivity contribution in [3.05, 3.63) is 65.2 Å². The van der Waals surface area contributed by atoms with E-state index in [4.69, 9.17) is 4.74 Å². The predicted octanol–water partition coefficient (Wildman–Crippen LogP) is 2.13. The van der Waals surface area contributed by atoms with E-state index in [1.165, 1.54) is 13.2 Å². The minimum Gasteiger partial charge on any atom is -0.465 e. The molecule has 2 heterocycles. The van der Waals surface area contributed by atoms with Crippen molar-refractivity contribution in [3.8, 4) is 0 Å². The van der Waals surface area contributed by atoms with Crippen molar-refractivity contribution in [1.29, 1.82) is 0 Å². The Balaban J connectivity index is 1.47. The molecule has 0 unspecified atom stereocenters. The Bertz CT molecular complexity index is 1120. The van der Waals surface area contributed by atoms with E-state index < -0.39 is 28.0 Å². The lowest BCUT2D eigenvalue weighted by atomic mass is 10.1. The molecule has 4 rings (SSSR count). The molecule has 1 fully saturated rings. The molecule has 1 atom stereocenters. The highest BCUT2D eigenvalue weighted by Gasteiger charge is 2.39. The third-order valence-corrected chi connectivity index (χ3v) is 6.49. The highest BCUT2D eigenvalue weighted by molar-refractivity contribution is 7.90. The summed E-state index contributed by atoms with van der Waals surface area (Å²) in [5.74, 6) is -0.575. The highest BCUT2D eigenvalue weighted by Crippen LogP contribution is 2.31. The van der Waals surface area contributed by atoms with E-state index in [-0.39, 0.29) is 11.5 Å². The maximum absolute atomic E-state index is 12.7. The zero-order valence-electron chi connectivity index (χ0n) is 16.3.